The van der Waals surface area contributed by atoms with E-state index in [-0.39, 0.29) is 0 Å². The molecule has 3 aromatic rings. The minimum absolute atomic E-state index is 0.921. The third-order valence-corrected chi connectivity index (χ3v) is 3.81. The van der Waals surface area contributed by atoms with E-state index in [4.69, 9.17) is 4.74 Å². The summed E-state index contributed by atoms with van der Waals surface area (Å²) in [6.07, 6.45) is 0. The zero-order chi connectivity index (χ0) is 12.1. The molecule has 0 aliphatic carbocycles. The average Bonchev–Trinajstić information content (AvgIpc) is 2.40. The Labute approximate surface area is 113 Å². The molecule has 0 atom stereocenters. The van der Waals surface area contributed by atoms with Crippen LogP contribution in [0.5, 0.6) is 11.5 Å². The highest BCUT2D eigenvalue weighted by Gasteiger charge is 2.19. The maximum absolute atomic E-state index is 5.98. The molecule has 4 rings (SSSR count). The second kappa shape index (κ2) is 3.59. The van der Waals surface area contributed by atoms with Gasteiger partial charge in [0.2, 0.25) is 0 Å². The van der Waals surface area contributed by atoms with Gasteiger partial charge in [-0.1, -0.05) is 46.3 Å². The van der Waals surface area contributed by atoms with Crippen LogP contribution in [0.4, 0.5) is 0 Å². The first-order chi connectivity index (χ1) is 8.83. The lowest BCUT2D eigenvalue weighted by Crippen LogP contribution is -1.96. The topological polar surface area (TPSA) is 9.23 Å². The van der Waals surface area contributed by atoms with Gasteiger partial charge in [0, 0.05) is 15.4 Å². The number of hydrogen-bond donors (Lipinski definition) is 0. The van der Waals surface area contributed by atoms with Crippen LogP contribution in [0, 0.1) is 0 Å². The minimum Gasteiger partial charge on any atom is -0.456 e. The standard InChI is InChI=1S/C16H9BrO/c17-11-7-8-14-13(9-11)12-5-1-3-10-4-2-6-15(18-14)16(10)12/h1-9H. The van der Waals surface area contributed by atoms with Crippen LogP contribution in [0.3, 0.4) is 0 Å². The van der Waals surface area contributed by atoms with Crippen molar-refractivity contribution in [2.45, 2.75) is 0 Å². The zero-order valence-corrected chi connectivity index (χ0v) is 11.1. The fourth-order valence-corrected chi connectivity index (χ4v) is 2.90. The van der Waals surface area contributed by atoms with Gasteiger partial charge in [0.25, 0.3) is 0 Å². The van der Waals surface area contributed by atoms with Crippen molar-refractivity contribution in [1.29, 1.82) is 0 Å². The third kappa shape index (κ3) is 1.33. The normalized spacial score (nSPS) is 12.1. The van der Waals surface area contributed by atoms with Crippen molar-refractivity contribution >= 4 is 26.7 Å². The van der Waals surface area contributed by atoms with Crippen LogP contribution in [0.2, 0.25) is 0 Å². The summed E-state index contributed by atoms with van der Waals surface area (Å²) >= 11 is 3.52. The first-order valence-electron chi connectivity index (χ1n) is 5.82. The molecule has 0 saturated carbocycles. The summed E-state index contributed by atoms with van der Waals surface area (Å²) in [5, 5.41) is 2.42. The predicted molar refractivity (Wildman–Crippen MR) is 77.2 cm³/mol. The molecule has 0 bridgehead atoms. The Bertz CT molecular complexity index is 772. The molecule has 18 heavy (non-hydrogen) atoms. The molecule has 0 amide bonds. The van der Waals surface area contributed by atoms with Gasteiger partial charge < -0.3 is 4.74 Å². The molecule has 1 heterocycles. The van der Waals surface area contributed by atoms with E-state index in [2.05, 4.69) is 46.3 Å². The molecule has 2 heteroatoms. The number of halogens is 1. The fraction of sp³-hybridized carbons (Fsp3) is 0. The van der Waals surface area contributed by atoms with E-state index in [0.717, 1.165) is 21.5 Å². The minimum atomic E-state index is 0.921. The van der Waals surface area contributed by atoms with Gasteiger partial charge in [-0.3, -0.25) is 0 Å². The van der Waals surface area contributed by atoms with Crippen molar-refractivity contribution in [3.63, 3.8) is 0 Å². The van der Waals surface area contributed by atoms with Crippen LogP contribution in [0.1, 0.15) is 0 Å². The summed E-state index contributed by atoms with van der Waals surface area (Å²) in [6, 6.07) is 18.7. The zero-order valence-electron chi connectivity index (χ0n) is 9.48. The highest BCUT2D eigenvalue weighted by molar-refractivity contribution is 9.10. The Morgan fingerprint density at radius 1 is 0.778 bits per heavy atom. The fourth-order valence-electron chi connectivity index (χ4n) is 2.54. The van der Waals surface area contributed by atoms with E-state index in [1.54, 1.807) is 0 Å². The summed E-state index contributed by atoms with van der Waals surface area (Å²) in [5.74, 6) is 1.86. The average molecular weight is 297 g/mol. The molecule has 0 N–H and O–H groups in total. The molecule has 0 saturated heterocycles. The van der Waals surface area contributed by atoms with E-state index < -0.39 is 0 Å². The first kappa shape index (κ1) is 10.2. The van der Waals surface area contributed by atoms with Gasteiger partial charge in [-0.2, -0.15) is 0 Å². The maximum Gasteiger partial charge on any atom is 0.135 e. The first-order valence-corrected chi connectivity index (χ1v) is 6.62. The van der Waals surface area contributed by atoms with Crippen molar-refractivity contribution in [2.24, 2.45) is 0 Å². The molecule has 1 aliphatic heterocycles. The lowest BCUT2D eigenvalue weighted by molar-refractivity contribution is 0.487. The van der Waals surface area contributed by atoms with Crippen molar-refractivity contribution in [2.75, 3.05) is 0 Å². The van der Waals surface area contributed by atoms with Crippen molar-refractivity contribution in [3.8, 4) is 22.6 Å². The van der Waals surface area contributed by atoms with E-state index in [1.165, 1.54) is 16.3 Å². The second-order valence-corrected chi connectivity index (χ2v) is 5.32. The van der Waals surface area contributed by atoms with E-state index in [1.807, 2.05) is 24.3 Å². The smallest absolute Gasteiger partial charge is 0.135 e. The second-order valence-electron chi connectivity index (χ2n) is 4.40. The molecule has 0 aromatic heterocycles. The van der Waals surface area contributed by atoms with E-state index >= 15 is 0 Å². The maximum atomic E-state index is 5.98. The Morgan fingerprint density at radius 3 is 2.50 bits per heavy atom. The van der Waals surface area contributed by atoms with Crippen LogP contribution < -0.4 is 4.74 Å². The summed E-state index contributed by atoms with van der Waals surface area (Å²) in [7, 11) is 0. The van der Waals surface area contributed by atoms with Crippen molar-refractivity contribution < 1.29 is 4.74 Å². The summed E-state index contributed by atoms with van der Waals surface area (Å²) in [4.78, 5) is 0. The highest BCUT2D eigenvalue weighted by atomic mass is 79.9. The van der Waals surface area contributed by atoms with Crippen molar-refractivity contribution in [1.82, 2.24) is 0 Å². The molecular weight excluding hydrogens is 288 g/mol. The predicted octanol–water partition coefficient (Wildman–Crippen LogP) is 5.38. The molecule has 1 aliphatic rings. The molecule has 0 radical (unpaired) electrons. The third-order valence-electron chi connectivity index (χ3n) is 3.32. The number of benzene rings is 3. The summed E-state index contributed by atoms with van der Waals surface area (Å²) < 4.78 is 7.05. The van der Waals surface area contributed by atoms with Gasteiger partial charge in [0.1, 0.15) is 11.5 Å². The summed E-state index contributed by atoms with van der Waals surface area (Å²) in [6.45, 7) is 0. The van der Waals surface area contributed by atoms with Crippen LogP contribution in [0.25, 0.3) is 21.9 Å². The van der Waals surface area contributed by atoms with Crippen LogP contribution in [-0.2, 0) is 0 Å². The Balaban J connectivity index is 2.18. The largest absolute Gasteiger partial charge is 0.456 e. The summed E-state index contributed by atoms with van der Waals surface area (Å²) in [5.41, 5.74) is 2.39. The van der Waals surface area contributed by atoms with Gasteiger partial charge >= 0.3 is 0 Å². The Kier molecular flexibility index (Phi) is 2.03. The van der Waals surface area contributed by atoms with Crippen molar-refractivity contribution in [3.05, 3.63) is 59.1 Å². The van der Waals surface area contributed by atoms with Gasteiger partial charge in [0.05, 0.1) is 0 Å². The SMILES string of the molecule is Brc1ccc2c(c1)-c1cccc3cccc(c13)O2. The molecule has 1 nitrogen and oxygen atoms in total. The van der Waals surface area contributed by atoms with Gasteiger partial charge in [-0.25, -0.2) is 0 Å². The number of hydrogen-bond acceptors (Lipinski definition) is 1. The van der Waals surface area contributed by atoms with Gasteiger partial charge in [0.15, 0.2) is 0 Å². The lowest BCUT2D eigenvalue weighted by atomic mass is 9.95. The van der Waals surface area contributed by atoms with Crippen LogP contribution in [0.15, 0.2) is 59.1 Å². The van der Waals surface area contributed by atoms with Crippen LogP contribution >= 0.6 is 15.9 Å². The number of ether oxygens (including phenoxy) is 1. The highest BCUT2D eigenvalue weighted by Crippen LogP contribution is 2.46. The molecule has 0 spiro atoms. The quantitative estimate of drug-likeness (QED) is 0.423. The van der Waals surface area contributed by atoms with Crippen LogP contribution in [-0.4, -0.2) is 0 Å². The monoisotopic (exact) mass is 296 g/mol. The Morgan fingerprint density at radius 2 is 1.61 bits per heavy atom. The van der Waals surface area contributed by atoms with Gasteiger partial charge in [-0.15, -0.1) is 0 Å². The van der Waals surface area contributed by atoms with E-state index in [9.17, 15) is 0 Å². The molecule has 0 unspecified atom stereocenters. The van der Waals surface area contributed by atoms with E-state index in [0.29, 0.717) is 0 Å². The Hall–Kier alpha value is -1.80. The number of fused-ring (bicyclic) bond motifs is 2. The lowest BCUT2D eigenvalue weighted by Gasteiger charge is -2.21. The molecule has 3 aromatic carbocycles. The van der Waals surface area contributed by atoms with Gasteiger partial charge in [-0.05, 0) is 35.2 Å². The molecule has 0 fully saturated rings. The molecular formula is C16H9BrO. The molecule has 86 valence electrons. The number of rotatable bonds is 0.